The van der Waals surface area contributed by atoms with Gasteiger partial charge in [0, 0.05) is 48.4 Å². The lowest BCUT2D eigenvalue weighted by molar-refractivity contribution is -0.141. The van der Waals surface area contributed by atoms with Crippen LogP contribution in [-0.4, -0.2) is 80.4 Å². The van der Waals surface area contributed by atoms with Gasteiger partial charge in [-0.1, -0.05) is 18.2 Å². The van der Waals surface area contributed by atoms with Gasteiger partial charge in [-0.3, -0.25) is 24.2 Å². The third-order valence-electron chi connectivity index (χ3n) is 6.38. The second kappa shape index (κ2) is 14.5. The second-order valence-electron chi connectivity index (χ2n) is 9.59. The van der Waals surface area contributed by atoms with Crippen molar-refractivity contribution in [3.63, 3.8) is 0 Å². The molecule has 3 amide bonds. The van der Waals surface area contributed by atoms with Crippen molar-refractivity contribution in [2.75, 3.05) is 6.54 Å². The molecule has 15 nitrogen and oxygen atoms in total. The molecule has 0 radical (unpaired) electrons. The molecular weight excluding hydrogens is 532 g/mol. The molecule has 4 unspecified atom stereocenters. The van der Waals surface area contributed by atoms with E-state index in [4.69, 9.17) is 17.2 Å². The van der Waals surface area contributed by atoms with Crippen molar-refractivity contribution in [2.45, 2.75) is 56.8 Å². The first-order chi connectivity index (χ1) is 19.5. The van der Waals surface area contributed by atoms with Crippen LogP contribution >= 0.6 is 0 Å². The van der Waals surface area contributed by atoms with E-state index in [0.717, 1.165) is 16.5 Å². The number of para-hydroxylation sites is 1. The number of guanidine groups is 1. The summed E-state index contributed by atoms with van der Waals surface area (Å²) in [5, 5.41) is 17.8. The van der Waals surface area contributed by atoms with Crippen molar-refractivity contribution in [3.8, 4) is 0 Å². The zero-order valence-electron chi connectivity index (χ0n) is 22.6. The molecule has 0 aliphatic rings. The van der Waals surface area contributed by atoms with E-state index >= 15 is 0 Å². The number of nitrogens with one attached hydrogen (secondary N) is 5. The summed E-state index contributed by atoms with van der Waals surface area (Å²) in [6.45, 7) is 1.60. The Balaban J connectivity index is 1.81. The molecule has 12 N–H and O–H groups in total. The number of rotatable bonds is 15. The van der Waals surface area contributed by atoms with Crippen molar-refractivity contribution < 1.29 is 24.3 Å². The van der Waals surface area contributed by atoms with Gasteiger partial charge in [-0.15, -0.1) is 0 Å². The average Bonchev–Trinajstić information content (AvgIpc) is 3.60. The lowest BCUT2D eigenvalue weighted by Crippen LogP contribution is -2.58. The lowest BCUT2D eigenvalue weighted by atomic mass is 10.0. The number of aromatic nitrogens is 3. The number of H-pyrrole nitrogens is 2. The summed E-state index contributed by atoms with van der Waals surface area (Å²) in [4.78, 5) is 64.7. The SMILES string of the molecule is CC(NC(=O)C(Cc1cnc[nH]1)NC(=O)C(Cc1c[nH]c2ccccc12)NC(=O)C(N)CCCN=C(N)N)C(=O)O. The first kappa shape index (κ1) is 30.6. The molecule has 0 bridgehead atoms. The monoisotopic (exact) mass is 568 g/mol. The Bertz CT molecular complexity index is 1370. The number of aliphatic imine (C=N–C) groups is 1. The Morgan fingerprint density at radius 2 is 1.68 bits per heavy atom. The van der Waals surface area contributed by atoms with E-state index in [0.29, 0.717) is 18.7 Å². The maximum absolute atomic E-state index is 13.6. The topological polar surface area (TPSA) is 259 Å². The highest BCUT2D eigenvalue weighted by Gasteiger charge is 2.30. The molecule has 41 heavy (non-hydrogen) atoms. The summed E-state index contributed by atoms with van der Waals surface area (Å²) in [6, 6.07) is 3.08. The van der Waals surface area contributed by atoms with Crippen LogP contribution in [0.5, 0.6) is 0 Å². The summed E-state index contributed by atoms with van der Waals surface area (Å²) in [6.07, 6.45) is 5.45. The number of hydrogen-bond donors (Lipinski definition) is 9. The molecule has 2 aromatic heterocycles. The fourth-order valence-electron chi connectivity index (χ4n) is 4.13. The number of imidazole rings is 1. The Morgan fingerprint density at radius 1 is 1.00 bits per heavy atom. The standard InChI is InChI=1S/C26H36N10O5/c1-14(25(40)41)34-23(38)21(10-16-12-30-13-33-16)36-24(39)20(9-15-11-32-19-7-3-2-5-17(15)19)35-22(37)18(27)6-4-8-31-26(28)29/h2-3,5,7,11-14,18,20-21,32H,4,6,8-10,27H2,1H3,(H,30,33)(H,34,38)(H,35,37)(H,36,39)(H,40,41)(H4,28,29,31). The minimum atomic E-state index is -1.23. The number of carboxylic acids is 1. The highest BCUT2D eigenvalue weighted by molar-refractivity contribution is 5.95. The number of carboxylic acid groups (broad SMARTS) is 1. The summed E-state index contributed by atoms with van der Waals surface area (Å²) in [7, 11) is 0. The van der Waals surface area contributed by atoms with E-state index in [1.807, 2.05) is 24.3 Å². The lowest BCUT2D eigenvalue weighted by Gasteiger charge is -2.24. The highest BCUT2D eigenvalue weighted by Crippen LogP contribution is 2.19. The molecule has 0 spiro atoms. The molecule has 220 valence electrons. The Kier molecular flexibility index (Phi) is 10.8. The number of aliphatic carboxylic acids is 1. The zero-order valence-corrected chi connectivity index (χ0v) is 22.6. The molecule has 0 saturated carbocycles. The molecule has 0 aliphatic carbocycles. The van der Waals surface area contributed by atoms with Gasteiger partial charge < -0.3 is 48.2 Å². The number of amides is 3. The Labute approximate surface area is 235 Å². The fraction of sp³-hybridized carbons (Fsp3) is 0.385. The maximum atomic E-state index is 13.6. The molecule has 2 heterocycles. The van der Waals surface area contributed by atoms with Crippen LogP contribution in [0.25, 0.3) is 10.9 Å². The van der Waals surface area contributed by atoms with Crippen LogP contribution in [0.2, 0.25) is 0 Å². The third kappa shape index (κ3) is 9.06. The number of fused-ring (bicyclic) bond motifs is 1. The number of aromatic amines is 2. The molecule has 3 rings (SSSR count). The van der Waals surface area contributed by atoms with Gasteiger partial charge in [-0.2, -0.15) is 0 Å². The van der Waals surface area contributed by atoms with Crippen molar-refractivity contribution in [1.29, 1.82) is 0 Å². The van der Waals surface area contributed by atoms with Crippen LogP contribution in [0.15, 0.2) is 48.0 Å². The third-order valence-corrected chi connectivity index (χ3v) is 6.38. The van der Waals surface area contributed by atoms with E-state index in [1.165, 1.54) is 19.4 Å². The predicted molar refractivity (Wildman–Crippen MR) is 151 cm³/mol. The number of nitrogens with two attached hydrogens (primary N) is 3. The first-order valence-corrected chi connectivity index (χ1v) is 13.0. The average molecular weight is 569 g/mol. The normalized spacial score (nSPS) is 13.9. The highest BCUT2D eigenvalue weighted by atomic mass is 16.4. The van der Waals surface area contributed by atoms with Crippen LogP contribution in [0, 0.1) is 0 Å². The largest absolute Gasteiger partial charge is 0.480 e. The van der Waals surface area contributed by atoms with Crippen molar-refractivity contribution in [2.24, 2.45) is 22.2 Å². The molecule has 0 saturated heterocycles. The van der Waals surface area contributed by atoms with E-state index < -0.39 is 47.9 Å². The molecular formula is C26H36N10O5. The molecule has 0 aliphatic heterocycles. The van der Waals surface area contributed by atoms with Crippen molar-refractivity contribution in [1.82, 2.24) is 30.9 Å². The summed E-state index contributed by atoms with van der Waals surface area (Å²) in [5.41, 5.74) is 18.9. The number of carbonyl (C=O) groups is 4. The van der Waals surface area contributed by atoms with Crippen LogP contribution in [0.3, 0.4) is 0 Å². The van der Waals surface area contributed by atoms with E-state index in [2.05, 4.69) is 35.9 Å². The Morgan fingerprint density at radius 3 is 2.37 bits per heavy atom. The minimum absolute atomic E-state index is 0.00195. The number of nitrogens with zero attached hydrogens (tertiary/aromatic N) is 2. The van der Waals surface area contributed by atoms with Crippen LogP contribution in [0.1, 0.15) is 31.0 Å². The van der Waals surface area contributed by atoms with E-state index in [9.17, 15) is 24.3 Å². The van der Waals surface area contributed by atoms with Crippen molar-refractivity contribution in [3.05, 3.63) is 54.2 Å². The van der Waals surface area contributed by atoms with Crippen LogP contribution in [-0.2, 0) is 32.0 Å². The Hall–Kier alpha value is -4.92. The molecule has 0 fully saturated rings. The predicted octanol–water partition coefficient (Wildman–Crippen LogP) is -1.38. The quantitative estimate of drug-likeness (QED) is 0.0593. The summed E-state index contributed by atoms with van der Waals surface area (Å²) in [5.74, 6) is -3.23. The molecule has 1 aromatic carbocycles. The minimum Gasteiger partial charge on any atom is -0.480 e. The summed E-state index contributed by atoms with van der Waals surface area (Å²) >= 11 is 0. The van der Waals surface area contributed by atoms with Crippen LogP contribution in [0.4, 0.5) is 0 Å². The van der Waals surface area contributed by atoms with Crippen molar-refractivity contribution >= 4 is 40.6 Å². The van der Waals surface area contributed by atoms with Crippen LogP contribution < -0.4 is 33.2 Å². The first-order valence-electron chi connectivity index (χ1n) is 13.0. The van der Waals surface area contributed by atoms with Gasteiger partial charge >= 0.3 is 5.97 Å². The molecule has 3 aromatic rings. The van der Waals surface area contributed by atoms with Gasteiger partial charge in [0.25, 0.3) is 0 Å². The smallest absolute Gasteiger partial charge is 0.325 e. The fourth-order valence-corrected chi connectivity index (χ4v) is 4.13. The molecule has 15 heteroatoms. The van der Waals surface area contributed by atoms with Gasteiger partial charge in [-0.05, 0) is 31.4 Å². The van der Waals surface area contributed by atoms with Gasteiger partial charge in [-0.25, -0.2) is 4.98 Å². The maximum Gasteiger partial charge on any atom is 0.325 e. The van der Waals surface area contributed by atoms with Gasteiger partial charge in [0.1, 0.15) is 18.1 Å². The summed E-state index contributed by atoms with van der Waals surface area (Å²) < 4.78 is 0. The number of benzene rings is 1. The number of carbonyl (C=O) groups excluding carboxylic acids is 3. The van der Waals surface area contributed by atoms with Gasteiger partial charge in [0.05, 0.1) is 12.4 Å². The van der Waals surface area contributed by atoms with Gasteiger partial charge in [0.15, 0.2) is 5.96 Å². The second-order valence-corrected chi connectivity index (χ2v) is 9.59. The number of hydrogen-bond acceptors (Lipinski definition) is 7. The van der Waals surface area contributed by atoms with Gasteiger partial charge in [0.2, 0.25) is 17.7 Å². The zero-order chi connectivity index (χ0) is 29.9. The van der Waals surface area contributed by atoms with E-state index in [1.54, 1.807) is 6.20 Å². The molecule has 4 atom stereocenters. The van der Waals surface area contributed by atoms with E-state index in [-0.39, 0.29) is 25.2 Å².